The molecule has 0 aromatic heterocycles. The van der Waals surface area contributed by atoms with Crippen LogP contribution in [0.25, 0.3) is 0 Å². The van der Waals surface area contributed by atoms with Gasteiger partial charge in [-0.2, -0.15) is 0 Å². The highest BCUT2D eigenvalue weighted by Gasteiger charge is 2.26. The maximum Gasteiger partial charge on any atom is 0.321 e. The van der Waals surface area contributed by atoms with Crippen LogP contribution >= 0.6 is 0 Å². The van der Waals surface area contributed by atoms with Gasteiger partial charge in [0.15, 0.2) is 0 Å². The van der Waals surface area contributed by atoms with E-state index in [2.05, 4.69) is 16.0 Å². The Bertz CT molecular complexity index is 618. The van der Waals surface area contributed by atoms with E-state index in [9.17, 15) is 14.4 Å². The SMILES string of the molecule is COCCNC(=O)c1ccc(NC(=O)N2CC[C@@H](NC(C)=O)C2)cc1. The van der Waals surface area contributed by atoms with E-state index in [4.69, 9.17) is 4.74 Å². The van der Waals surface area contributed by atoms with E-state index < -0.39 is 0 Å². The second kappa shape index (κ2) is 9.03. The Morgan fingerprint density at radius 2 is 1.96 bits per heavy atom. The van der Waals surface area contributed by atoms with Crippen LogP contribution in [0, 0.1) is 0 Å². The monoisotopic (exact) mass is 348 g/mol. The standard InChI is InChI=1S/C17H24N4O4/c1-12(22)19-15-7-9-21(11-15)17(24)20-14-5-3-13(4-6-14)16(23)18-8-10-25-2/h3-6,15H,7-11H2,1-2H3,(H,18,23)(H,19,22)(H,20,24)/t15-/m1/s1. The van der Waals surface area contributed by atoms with Crippen LogP contribution in [0.3, 0.4) is 0 Å². The molecular formula is C17H24N4O4. The number of likely N-dealkylation sites (tertiary alicyclic amines) is 1. The third kappa shape index (κ3) is 5.75. The molecule has 1 aliphatic heterocycles. The minimum absolute atomic E-state index is 0.00132. The van der Waals surface area contributed by atoms with Crippen LogP contribution in [0.4, 0.5) is 10.5 Å². The third-order valence-corrected chi connectivity index (χ3v) is 3.87. The number of anilines is 1. The van der Waals surface area contributed by atoms with Crippen LogP contribution < -0.4 is 16.0 Å². The highest BCUT2D eigenvalue weighted by molar-refractivity contribution is 5.95. The highest BCUT2D eigenvalue weighted by Crippen LogP contribution is 2.14. The Labute approximate surface area is 146 Å². The molecule has 1 atom stereocenters. The number of hydrogen-bond acceptors (Lipinski definition) is 4. The topological polar surface area (TPSA) is 99.8 Å². The molecule has 1 heterocycles. The molecule has 1 aromatic rings. The second-order valence-electron chi connectivity index (χ2n) is 5.89. The van der Waals surface area contributed by atoms with Crippen LogP contribution in [0.15, 0.2) is 24.3 Å². The fraction of sp³-hybridized carbons (Fsp3) is 0.471. The van der Waals surface area contributed by atoms with Crippen molar-refractivity contribution in [3.05, 3.63) is 29.8 Å². The van der Waals surface area contributed by atoms with Gasteiger partial charge in [-0.25, -0.2) is 4.79 Å². The molecule has 1 aromatic carbocycles. The lowest BCUT2D eigenvalue weighted by atomic mass is 10.2. The largest absolute Gasteiger partial charge is 0.383 e. The van der Waals surface area contributed by atoms with Gasteiger partial charge in [0.1, 0.15) is 0 Å². The zero-order valence-corrected chi connectivity index (χ0v) is 14.5. The summed E-state index contributed by atoms with van der Waals surface area (Å²) >= 11 is 0. The Morgan fingerprint density at radius 1 is 1.24 bits per heavy atom. The van der Waals surface area contributed by atoms with Crippen molar-refractivity contribution in [2.75, 3.05) is 38.7 Å². The van der Waals surface area contributed by atoms with Gasteiger partial charge in [0.2, 0.25) is 5.91 Å². The summed E-state index contributed by atoms with van der Waals surface area (Å²) in [6.07, 6.45) is 0.744. The molecule has 1 saturated heterocycles. The summed E-state index contributed by atoms with van der Waals surface area (Å²) < 4.78 is 4.88. The van der Waals surface area contributed by atoms with E-state index >= 15 is 0 Å². The van der Waals surface area contributed by atoms with Gasteiger partial charge in [-0.05, 0) is 30.7 Å². The van der Waals surface area contributed by atoms with Crippen molar-refractivity contribution < 1.29 is 19.1 Å². The molecule has 2 rings (SSSR count). The Hall–Kier alpha value is -2.61. The molecule has 8 heteroatoms. The summed E-state index contributed by atoms with van der Waals surface area (Å²) in [5.41, 5.74) is 1.13. The first-order valence-corrected chi connectivity index (χ1v) is 8.20. The van der Waals surface area contributed by atoms with Gasteiger partial charge in [0.05, 0.1) is 6.61 Å². The highest BCUT2D eigenvalue weighted by atomic mass is 16.5. The van der Waals surface area contributed by atoms with Gasteiger partial charge in [0, 0.05) is 51.0 Å². The first-order chi connectivity index (χ1) is 12.0. The molecule has 3 N–H and O–H groups in total. The number of urea groups is 1. The minimum atomic E-state index is -0.217. The molecule has 136 valence electrons. The van der Waals surface area contributed by atoms with Crippen molar-refractivity contribution in [1.29, 1.82) is 0 Å². The smallest absolute Gasteiger partial charge is 0.321 e. The number of amides is 4. The fourth-order valence-electron chi connectivity index (χ4n) is 2.63. The van der Waals surface area contributed by atoms with Crippen molar-refractivity contribution in [3.63, 3.8) is 0 Å². The molecule has 0 saturated carbocycles. The van der Waals surface area contributed by atoms with Gasteiger partial charge < -0.3 is 25.6 Å². The summed E-state index contributed by atoms with van der Waals surface area (Å²) in [6, 6.07) is 6.46. The predicted molar refractivity (Wildman–Crippen MR) is 93.5 cm³/mol. The molecule has 8 nitrogen and oxygen atoms in total. The van der Waals surface area contributed by atoms with E-state index in [-0.39, 0.29) is 23.9 Å². The van der Waals surface area contributed by atoms with Crippen LogP contribution in [0.2, 0.25) is 0 Å². The second-order valence-corrected chi connectivity index (χ2v) is 5.89. The molecule has 0 spiro atoms. The number of nitrogens with one attached hydrogen (secondary N) is 3. The number of carbonyl (C=O) groups is 3. The lowest BCUT2D eigenvalue weighted by Crippen LogP contribution is -2.38. The zero-order valence-electron chi connectivity index (χ0n) is 14.5. The number of rotatable bonds is 6. The lowest BCUT2D eigenvalue weighted by molar-refractivity contribution is -0.119. The summed E-state index contributed by atoms with van der Waals surface area (Å²) in [6.45, 7) is 3.45. The Balaban J connectivity index is 1.83. The molecule has 0 aliphatic carbocycles. The van der Waals surface area contributed by atoms with Crippen molar-refractivity contribution in [2.24, 2.45) is 0 Å². The molecule has 25 heavy (non-hydrogen) atoms. The Morgan fingerprint density at radius 3 is 2.60 bits per heavy atom. The maximum absolute atomic E-state index is 12.2. The predicted octanol–water partition coefficient (Wildman–Crippen LogP) is 0.805. The first kappa shape index (κ1) is 18.7. The van der Waals surface area contributed by atoms with Crippen molar-refractivity contribution in [1.82, 2.24) is 15.5 Å². The quantitative estimate of drug-likeness (QED) is 0.662. The van der Waals surface area contributed by atoms with Crippen molar-refractivity contribution in [2.45, 2.75) is 19.4 Å². The lowest BCUT2D eigenvalue weighted by Gasteiger charge is -2.17. The average molecular weight is 348 g/mol. The van der Waals surface area contributed by atoms with Crippen LogP contribution in [-0.2, 0) is 9.53 Å². The van der Waals surface area contributed by atoms with Gasteiger partial charge in [-0.1, -0.05) is 0 Å². The van der Waals surface area contributed by atoms with E-state index in [0.29, 0.717) is 37.5 Å². The van der Waals surface area contributed by atoms with Crippen LogP contribution in [0.5, 0.6) is 0 Å². The number of methoxy groups -OCH3 is 1. The average Bonchev–Trinajstić information content (AvgIpc) is 3.03. The van der Waals surface area contributed by atoms with Crippen LogP contribution in [0.1, 0.15) is 23.7 Å². The molecule has 0 unspecified atom stereocenters. The number of benzene rings is 1. The molecular weight excluding hydrogens is 324 g/mol. The number of carbonyl (C=O) groups excluding carboxylic acids is 3. The normalized spacial score (nSPS) is 16.4. The number of nitrogens with zero attached hydrogens (tertiary/aromatic N) is 1. The molecule has 1 aliphatic rings. The van der Waals surface area contributed by atoms with Gasteiger partial charge in [-0.15, -0.1) is 0 Å². The first-order valence-electron chi connectivity index (χ1n) is 8.20. The molecule has 1 fully saturated rings. The summed E-state index contributed by atoms with van der Waals surface area (Å²) in [5.74, 6) is -0.278. The van der Waals surface area contributed by atoms with E-state index in [1.807, 2.05) is 0 Å². The fourth-order valence-corrected chi connectivity index (χ4v) is 2.63. The molecule has 4 amide bonds. The van der Waals surface area contributed by atoms with Crippen molar-refractivity contribution >= 4 is 23.5 Å². The molecule has 0 radical (unpaired) electrons. The number of hydrogen-bond donors (Lipinski definition) is 3. The van der Waals surface area contributed by atoms with Gasteiger partial charge in [-0.3, -0.25) is 9.59 Å². The third-order valence-electron chi connectivity index (χ3n) is 3.87. The summed E-state index contributed by atoms with van der Waals surface area (Å²) in [7, 11) is 1.57. The molecule has 0 bridgehead atoms. The Kier molecular flexibility index (Phi) is 6.76. The van der Waals surface area contributed by atoms with Crippen LogP contribution in [-0.4, -0.2) is 62.1 Å². The van der Waals surface area contributed by atoms with Gasteiger partial charge in [0.25, 0.3) is 5.91 Å². The zero-order chi connectivity index (χ0) is 18.2. The summed E-state index contributed by atoms with van der Waals surface area (Å²) in [5, 5.41) is 8.35. The van der Waals surface area contributed by atoms with Gasteiger partial charge >= 0.3 is 6.03 Å². The number of ether oxygens (including phenoxy) is 1. The van der Waals surface area contributed by atoms with E-state index in [1.165, 1.54) is 6.92 Å². The van der Waals surface area contributed by atoms with Crippen molar-refractivity contribution in [3.8, 4) is 0 Å². The summed E-state index contributed by atoms with van der Waals surface area (Å²) in [4.78, 5) is 36.9. The van der Waals surface area contributed by atoms with E-state index in [0.717, 1.165) is 6.42 Å². The van der Waals surface area contributed by atoms with E-state index in [1.54, 1.807) is 36.3 Å². The minimum Gasteiger partial charge on any atom is -0.383 e. The maximum atomic E-state index is 12.2.